The minimum absolute atomic E-state index is 0.353. The summed E-state index contributed by atoms with van der Waals surface area (Å²) in [6.07, 6.45) is 3.21. The van der Waals surface area contributed by atoms with Crippen molar-refractivity contribution in [3.63, 3.8) is 0 Å². The van der Waals surface area contributed by atoms with Crippen LogP contribution in [0.15, 0.2) is 48.1 Å². The van der Waals surface area contributed by atoms with E-state index < -0.39 is 11.9 Å². The molecule has 0 heterocycles. The zero-order valence-corrected chi connectivity index (χ0v) is 12.8. The molecular weight excluding hydrogens is 280 g/mol. The van der Waals surface area contributed by atoms with E-state index >= 15 is 0 Å². The average Bonchev–Trinajstić information content (AvgIpc) is 2.87. The number of hydrogen-bond acceptors (Lipinski definition) is 4. The van der Waals surface area contributed by atoms with Crippen molar-refractivity contribution in [1.29, 1.82) is 0 Å². The van der Waals surface area contributed by atoms with Gasteiger partial charge in [-0.1, -0.05) is 30.9 Å². The molecule has 2 rings (SSSR count). The molecule has 0 saturated heterocycles. The lowest BCUT2D eigenvalue weighted by Crippen LogP contribution is -2.08. The number of rotatable bonds is 5. The van der Waals surface area contributed by atoms with E-state index in [0.717, 1.165) is 23.1 Å². The Hall–Kier alpha value is -2.62. The molecule has 0 saturated carbocycles. The Morgan fingerprint density at radius 2 is 1.95 bits per heavy atom. The fourth-order valence-corrected chi connectivity index (χ4v) is 2.25. The number of methoxy groups -OCH3 is 1. The van der Waals surface area contributed by atoms with E-state index in [0.29, 0.717) is 23.3 Å². The second-order valence-corrected chi connectivity index (χ2v) is 5.28. The Kier molecular flexibility index (Phi) is 4.61. The number of hydrogen-bond donors (Lipinski definition) is 0. The molecule has 0 bridgehead atoms. The van der Waals surface area contributed by atoms with Gasteiger partial charge in [0, 0.05) is 17.6 Å². The smallest absolute Gasteiger partial charge is 0.338 e. The third kappa shape index (κ3) is 3.52. The monoisotopic (exact) mass is 298 g/mol. The Morgan fingerprint density at radius 3 is 2.59 bits per heavy atom. The predicted molar refractivity (Wildman–Crippen MR) is 84.3 cm³/mol. The van der Waals surface area contributed by atoms with Gasteiger partial charge in [0.05, 0.1) is 7.11 Å². The number of allylic oxidation sites excluding steroid dienone is 1. The molecule has 1 aliphatic carbocycles. The minimum Gasteiger partial charge on any atom is -0.466 e. The van der Waals surface area contributed by atoms with Crippen LogP contribution in [0.2, 0.25) is 0 Å². The third-order valence-corrected chi connectivity index (χ3v) is 3.37. The number of carbonyl (C=O) groups is 2. The highest BCUT2D eigenvalue weighted by atomic mass is 16.5. The van der Waals surface area contributed by atoms with Crippen LogP contribution in [0.25, 0.3) is 6.08 Å². The maximum atomic E-state index is 11.5. The minimum atomic E-state index is -0.443. The summed E-state index contributed by atoms with van der Waals surface area (Å²) in [5.74, 6) is -0.356. The lowest BCUT2D eigenvalue weighted by atomic mass is 10.0. The number of carbonyl (C=O) groups excluding carboxylic acids is 2. The molecular formula is C18H18O4. The molecule has 0 radical (unpaired) electrons. The molecule has 0 aromatic heterocycles. The molecule has 0 spiro atoms. The second kappa shape index (κ2) is 6.43. The summed E-state index contributed by atoms with van der Waals surface area (Å²) in [5.41, 5.74) is 3.97. The number of fused-ring (bicyclic) bond motifs is 1. The predicted octanol–water partition coefficient (Wildman–Crippen LogP) is 3.23. The first-order chi connectivity index (χ1) is 10.4. The van der Waals surface area contributed by atoms with Crippen LogP contribution >= 0.6 is 0 Å². The number of esters is 2. The molecule has 4 heteroatoms. The zero-order chi connectivity index (χ0) is 16.3. The van der Waals surface area contributed by atoms with Gasteiger partial charge in [-0.3, -0.25) is 0 Å². The van der Waals surface area contributed by atoms with Gasteiger partial charge in [0.1, 0.15) is 5.75 Å². The van der Waals surface area contributed by atoms with Crippen molar-refractivity contribution in [2.75, 3.05) is 7.11 Å². The van der Waals surface area contributed by atoms with Crippen LogP contribution in [0, 0.1) is 0 Å². The summed E-state index contributed by atoms with van der Waals surface area (Å²) in [7, 11) is 1.34. The molecule has 0 aliphatic heterocycles. The van der Waals surface area contributed by atoms with Crippen LogP contribution in [0.4, 0.5) is 0 Å². The van der Waals surface area contributed by atoms with Crippen molar-refractivity contribution in [2.45, 2.75) is 19.8 Å². The fourth-order valence-electron chi connectivity index (χ4n) is 2.25. The number of benzene rings is 1. The van der Waals surface area contributed by atoms with Crippen molar-refractivity contribution < 1.29 is 19.1 Å². The highest BCUT2D eigenvalue weighted by molar-refractivity contribution is 5.89. The maximum Gasteiger partial charge on any atom is 0.338 e. The van der Waals surface area contributed by atoms with Crippen LogP contribution in [0.1, 0.15) is 24.5 Å². The third-order valence-electron chi connectivity index (χ3n) is 3.37. The standard InChI is InChI=1S/C18H18O4/c1-11(2)17(19)22-16-6-5-14-8-13(9-15(14)10-16)7-12(3)18(20)21-4/h5-6,9-10H,1,3,7-8H2,2,4H3. The molecule has 22 heavy (non-hydrogen) atoms. The average molecular weight is 298 g/mol. The van der Waals surface area contributed by atoms with Gasteiger partial charge < -0.3 is 9.47 Å². The topological polar surface area (TPSA) is 52.6 Å². The molecule has 114 valence electrons. The molecule has 0 N–H and O–H groups in total. The van der Waals surface area contributed by atoms with Gasteiger partial charge >= 0.3 is 11.9 Å². The highest BCUT2D eigenvalue weighted by Gasteiger charge is 2.17. The lowest BCUT2D eigenvalue weighted by Gasteiger charge is -2.06. The summed E-state index contributed by atoms with van der Waals surface area (Å²) in [4.78, 5) is 22.9. The first-order valence-electron chi connectivity index (χ1n) is 6.87. The van der Waals surface area contributed by atoms with Crippen LogP contribution < -0.4 is 4.74 Å². The first-order valence-corrected chi connectivity index (χ1v) is 6.87. The van der Waals surface area contributed by atoms with Gasteiger partial charge in [0.2, 0.25) is 0 Å². The van der Waals surface area contributed by atoms with Gasteiger partial charge in [0.25, 0.3) is 0 Å². The van der Waals surface area contributed by atoms with Crippen molar-refractivity contribution in [3.05, 3.63) is 59.2 Å². The zero-order valence-electron chi connectivity index (χ0n) is 12.8. The van der Waals surface area contributed by atoms with E-state index in [1.807, 2.05) is 18.2 Å². The van der Waals surface area contributed by atoms with Gasteiger partial charge in [-0.05, 0) is 36.6 Å². The van der Waals surface area contributed by atoms with Crippen LogP contribution in [0.3, 0.4) is 0 Å². The molecule has 1 aromatic rings. The van der Waals surface area contributed by atoms with Crippen molar-refractivity contribution in [1.82, 2.24) is 0 Å². The van der Waals surface area contributed by atoms with E-state index in [4.69, 9.17) is 4.74 Å². The largest absolute Gasteiger partial charge is 0.466 e. The molecule has 0 fully saturated rings. The summed E-state index contributed by atoms with van der Waals surface area (Å²) in [6.45, 7) is 8.89. The van der Waals surface area contributed by atoms with Gasteiger partial charge in [0.15, 0.2) is 0 Å². The van der Waals surface area contributed by atoms with Gasteiger partial charge in [-0.15, -0.1) is 0 Å². The van der Waals surface area contributed by atoms with Crippen LogP contribution in [0.5, 0.6) is 5.75 Å². The van der Waals surface area contributed by atoms with Crippen molar-refractivity contribution >= 4 is 18.0 Å². The van der Waals surface area contributed by atoms with Crippen LogP contribution in [-0.2, 0) is 20.7 Å². The molecule has 1 aliphatic rings. The lowest BCUT2D eigenvalue weighted by molar-refractivity contribution is -0.136. The second-order valence-electron chi connectivity index (χ2n) is 5.28. The SMILES string of the molecule is C=C(C)C(=O)Oc1ccc2c(c1)C=C(CC(=C)C(=O)OC)C2. The Labute approximate surface area is 129 Å². The van der Waals surface area contributed by atoms with Crippen molar-refractivity contribution in [2.24, 2.45) is 0 Å². The van der Waals surface area contributed by atoms with Gasteiger partial charge in [-0.2, -0.15) is 0 Å². The normalized spacial score (nSPS) is 12.2. The van der Waals surface area contributed by atoms with E-state index in [2.05, 4.69) is 17.9 Å². The summed E-state index contributed by atoms with van der Waals surface area (Å²) in [5, 5.41) is 0. The molecule has 0 amide bonds. The first kappa shape index (κ1) is 15.8. The quantitative estimate of drug-likeness (QED) is 0.476. The highest BCUT2D eigenvalue weighted by Crippen LogP contribution is 2.31. The summed E-state index contributed by atoms with van der Waals surface area (Å²) in [6, 6.07) is 5.48. The molecule has 0 unspecified atom stereocenters. The van der Waals surface area contributed by atoms with E-state index in [1.54, 1.807) is 13.0 Å². The summed E-state index contributed by atoms with van der Waals surface area (Å²) >= 11 is 0. The Balaban J connectivity index is 2.11. The number of ether oxygens (including phenoxy) is 2. The molecule has 0 atom stereocenters. The van der Waals surface area contributed by atoms with Gasteiger partial charge in [-0.25, -0.2) is 9.59 Å². The molecule has 4 nitrogen and oxygen atoms in total. The fraction of sp³-hybridized carbons (Fsp3) is 0.222. The van der Waals surface area contributed by atoms with E-state index in [-0.39, 0.29) is 0 Å². The van der Waals surface area contributed by atoms with Crippen molar-refractivity contribution in [3.8, 4) is 5.75 Å². The van der Waals surface area contributed by atoms with Crippen LogP contribution in [-0.4, -0.2) is 19.0 Å². The maximum absolute atomic E-state index is 11.5. The Morgan fingerprint density at radius 1 is 1.23 bits per heavy atom. The summed E-state index contributed by atoms with van der Waals surface area (Å²) < 4.78 is 9.87. The molecule has 1 aromatic carbocycles. The van der Waals surface area contributed by atoms with E-state index in [1.165, 1.54) is 7.11 Å². The van der Waals surface area contributed by atoms with E-state index in [9.17, 15) is 9.59 Å². The Bertz CT molecular complexity index is 695.